The third-order valence-electron chi connectivity index (χ3n) is 7.02. The second-order valence-electron chi connectivity index (χ2n) is 9.06. The van der Waals surface area contributed by atoms with Gasteiger partial charge in [-0.1, -0.05) is 5.57 Å². The van der Waals surface area contributed by atoms with Crippen molar-refractivity contribution in [2.45, 2.75) is 69.6 Å². The van der Waals surface area contributed by atoms with Crippen LogP contribution in [-0.2, 0) is 6.42 Å². The van der Waals surface area contributed by atoms with E-state index in [2.05, 4.69) is 33.9 Å². The molecule has 0 aliphatic heterocycles. The average molecular weight is 411 g/mol. The molecule has 7 nitrogen and oxygen atoms in total. The maximum absolute atomic E-state index is 10.6. The van der Waals surface area contributed by atoms with Crippen LogP contribution in [0.3, 0.4) is 0 Å². The van der Waals surface area contributed by atoms with Crippen LogP contribution in [0.25, 0.3) is 5.57 Å². The van der Waals surface area contributed by atoms with E-state index < -0.39 is 6.10 Å². The molecule has 1 N–H and O–H groups in total. The summed E-state index contributed by atoms with van der Waals surface area (Å²) in [5.41, 5.74) is 4.89. The first kappa shape index (κ1) is 19.7. The van der Waals surface area contributed by atoms with E-state index in [1.807, 2.05) is 0 Å². The first-order chi connectivity index (χ1) is 14.6. The molecule has 160 valence electrons. The highest BCUT2D eigenvalue weighted by Crippen LogP contribution is 2.51. The maximum Gasteiger partial charge on any atom is 0.224 e. The lowest BCUT2D eigenvalue weighted by atomic mass is 9.90. The summed E-state index contributed by atoms with van der Waals surface area (Å²) in [6.07, 6.45) is 12.2. The predicted molar refractivity (Wildman–Crippen MR) is 112 cm³/mol. The topological polar surface area (TPSA) is 84.5 Å². The number of hydrogen-bond acceptors (Lipinski definition) is 7. The first-order valence-corrected chi connectivity index (χ1v) is 11.1. The van der Waals surface area contributed by atoms with Crippen LogP contribution in [0.15, 0.2) is 28.8 Å². The number of aromatic nitrogens is 3. The fourth-order valence-corrected chi connectivity index (χ4v) is 5.42. The fourth-order valence-electron chi connectivity index (χ4n) is 5.42. The predicted octanol–water partition coefficient (Wildman–Crippen LogP) is 3.56. The number of oxazole rings is 1. The Kier molecular flexibility index (Phi) is 5.33. The molecule has 1 unspecified atom stereocenters. The van der Waals surface area contributed by atoms with Crippen molar-refractivity contribution in [1.29, 1.82) is 0 Å². The molecular weight excluding hydrogens is 380 g/mol. The van der Waals surface area contributed by atoms with Gasteiger partial charge >= 0.3 is 0 Å². The van der Waals surface area contributed by atoms with Gasteiger partial charge in [0.2, 0.25) is 11.8 Å². The van der Waals surface area contributed by atoms with E-state index in [0.717, 1.165) is 62.1 Å². The molecule has 0 saturated heterocycles. The Morgan fingerprint density at radius 2 is 2.00 bits per heavy atom. The summed E-state index contributed by atoms with van der Waals surface area (Å²) >= 11 is 0. The van der Waals surface area contributed by atoms with Gasteiger partial charge in [0, 0.05) is 12.5 Å². The SMILES string of the molecule is CN(C)C1CCC(Oc2ncnc3c2C2=C(CC[C@@H]2CC(O)c2ncco2)C3)CC1. The number of ether oxygens (including phenoxy) is 1. The van der Waals surface area contributed by atoms with Gasteiger partial charge < -0.3 is 19.2 Å². The van der Waals surface area contributed by atoms with Crippen LogP contribution in [-0.4, -0.2) is 51.2 Å². The molecule has 2 aromatic heterocycles. The normalized spacial score (nSPS) is 26.7. The third kappa shape index (κ3) is 3.65. The van der Waals surface area contributed by atoms with Gasteiger partial charge in [-0.3, -0.25) is 0 Å². The molecule has 7 heteroatoms. The Hall–Kier alpha value is -2.25. The van der Waals surface area contributed by atoms with Crippen molar-refractivity contribution in [3.05, 3.63) is 41.5 Å². The summed E-state index contributed by atoms with van der Waals surface area (Å²) in [6.45, 7) is 0. The smallest absolute Gasteiger partial charge is 0.224 e. The molecular formula is C23H30N4O3. The van der Waals surface area contributed by atoms with Gasteiger partial charge in [0.1, 0.15) is 24.8 Å². The molecule has 0 radical (unpaired) electrons. The Balaban J connectivity index is 1.34. The van der Waals surface area contributed by atoms with Crippen molar-refractivity contribution >= 4 is 5.57 Å². The van der Waals surface area contributed by atoms with Gasteiger partial charge in [-0.2, -0.15) is 0 Å². The Bertz CT molecular complexity index is 917. The minimum atomic E-state index is -0.698. The largest absolute Gasteiger partial charge is 0.474 e. The Morgan fingerprint density at radius 3 is 2.73 bits per heavy atom. The zero-order valence-corrected chi connectivity index (χ0v) is 17.8. The van der Waals surface area contributed by atoms with Crippen LogP contribution in [0.5, 0.6) is 5.88 Å². The van der Waals surface area contributed by atoms with Crippen molar-refractivity contribution in [2.24, 2.45) is 5.92 Å². The van der Waals surface area contributed by atoms with Gasteiger partial charge in [-0.25, -0.2) is 15.0 Å². The minimum absolute atomic E-state index is 0.211. The summed E-state index contributed by atoms with van der Waals surface area (Å²) in [7, 11) is 4.31. The van der Waals surface area contributed by atoms with E-state index >= 15 is 0 Å². The summed E-state index contributed by atoms with van der Waals surface area (Å²) in [5, 5.41) is 10.6. The molecule has 3 aliphatic rings. The summed E-state index contributed by atoms with van der Waals surface area (Å²) in [6, 6.07) is 0.645. The van der Waals surface area contributed by atoms with Gasteiger partial charge in [0.25, 0.3) is 0 Å². The molecule has 0 aromatic carbocycles. The van der Waals surface area contributed by atoms with Crippen molar-refractivity contribution in [3.8, 4) is 5.88 Å². The number of nitrogens with zero attached hydrogens (tertiary/aromatic N) is 4. The lowest BCUT2D eigenvalue weighted by Crippen LogP contribution is -2.35. The van der Waals surface area contributed by atoms with Crippen LogP contribution in [0.2, 0.25) is 0 Å². The molecule has 2 heterocycles. The van der Waals surface area contributed by atoms with E-state index in [4.69, 9.17) is 9.15 Å². The number of hydrogen-bond donors (Lipinski definition) is 1. The highest BCUT2D eigenvalue weighted by molar-refractivity contribution is 5.81. The Labute approximate surface area is 177 Å². The van der Waals surface area contributed by atoms with Gasteiger partial charge in [0.05, 0.1) is 17.5 Å². The van der Waals surface area contributed by atoms with E-state index in [1.54, 1.807) is 12.5 Å². The summed E-state index contributed by atoms with van der Waals surface area (Å²) in [4.78, 5) is 15.5. The zero-order valence-electron chi connectivity index (χ0n) is 17.8. The number of fused-ring (bicyclic) bond motifs is 2. The van der Waals surface area contributed by atoms with Gasteiger partial charge in [0.15, 0.2) is 0 Å². The Morgan fingerprint density at radius 1 is 1.17 bits per heavy atom. The molecule has 5 rings (SSSR count). The number of rotatable bonds is 6. The molecule has 3 aliphatic carbocycles. The average Bonchev–Trinajstić information content (AvgIpc) is 3.46. The van der Waals surface area contributed by atoms with Crippen molar-refractivity contribution in [1.82, 2.24) is 19.9 Å². The van der Waals surface area contributed by atoms with Gasteiger partial charge in [-0.05, 0) is 70.5 Å². The second-order valence-corrected chi connectivity index (χ2v) is 9.06. The third-order valence-corrected chi connectivity index (χ3v) is 7.02. The quantitative estimate of drug-likeness (QED) is 0.779. The van der Waals surface area contributed by atoms with Gasteiger partial charge in [-0.15, -0.1) is 0 Å². The zero-order chi connectivity index (χ0) is 20.7. The maximum atomic E-state index is 10.6. The van der Waals surface area contributed by atoms with Crippen LogP contribution in [0, 0.1) is 5.92 Å². The molecule has 1 saturated carbocycles. The number of aliphatic hydroxyl groups is 1. The second kappa shape index (κ2) is 8.12. The van der Waals surface area contributed by atoms with Crippen LogP contribution >= 0.6 is 0 Å². The number of aliphatic hydroxyl groups excluding tert-OH is 1. The fraction of sp³-hybridized carbons (Fsp3) is 0.609. The van der Waals surface area contributed by atoms with Crippen molar-refractivity contribution in [2.75, 3.05) is 14.1 Å². The van der Waals surface area contributed by atoms with Crippen molar-refractivity contribution in [3.63, 3.8) is 0 Å². The molecule has 0 bridgehead atoms. The highest BCUT2D eigenvalue weighted by Gasteiger charge is 2.38. The van der Waals surface area contributed by atoms with Crippen LogP contribution in [0.1, 0.15) is 68.2 Å². The van der Waals surface area contributed by atoms with Crippen molar-refractivity contribution < 1.29 is 14.3 Å². The minimum Gasteiger partial charge on any atom is -0.474 e. The molecule has 1 fully saturated rings. The molecule has 2 atom stereocenters. The highest BCUT2D eigenvalue weighted by atomic mass is 16.5. The lowest BCUT2D eigenvalue weighted by Gasteiger charge is -2.33. The summed E-state index contributed by atoms with van der Waals surface area (Å²) in [5.74, 6) is 1.37. The van der Waals surface area contributed by atoms with E-state index in [-0.39, 0.29) is 12.0 Å². The standard InChI is InChI=1S/C23H30N4O3/c1-27(2)16-5-7-17(8-6-16)30-23-21-18(25-13-26-23)11-14-3-4-15(20(14)21)12-19(28)22-24-9-10-29-22/h9-10,13,15-17,19,28H,3-8,11-12H2,1-2H3/t15-,16?,17?,19?/m1/s1. The van der Waals surface area contributed by atoms with Crippen LogP contribution in [0.4, 0.5) is 0 Å². The van der Waals surface area contributed by atoms with E-state index in [9.17, 15) is 5.11 Å². The molecule has 0 spiro atoms. The van der Waals surface area contributed by atoms with E-state index in [0.29, 0.717) is 18.4 Å². The molecule has 0 amide bonds. The molecule has 2 aromatic rings. The lowest BCUT2D eigenvalue weighted by molar-refractivity contribution is 0.106. The van der Waals surface area contributed by atoms with E-state index in [1.165, 1.54) is 17.4 Å². The first-order valence-electron chi connectivity index (χ1n) is 11.1. The number of allylic oxidation sites excluding steroid dienone is 2. The molecule has 30 heavy (non-hydrogen) atoms. The monoisotopic (exact) mass is 410 g/mol. The van der Waals surface area contributed by atoms with Crippen LogP contribution < -0.4 is 4.74 Å². The summed E-state index contributed by atoms with van der Waals surface area (Å²) < 4.78 is 11.8.